The van der Waals surface area contributed by atoms with Crippen molar-refractivity contribution in [1.29, 1.82) is 0 Å². The standard InChI is InChI=1S/C13H17N3O5/c1-8(2)11(12(17)18)15-13(19)14-7-9-3-5-10(6-4-9)16(20)21/h3-6,8,11H,7H2,1-2H3,(H,17,18)(H2,14,15,19). The summed E-state index contributed by atoms with van der Waals surface area (Å²) < 4.78 is 0. The number of benzene rings is 1. The Balaban J connectivity index is 2.52. The predicted octanol–water partition coefficient (Wildman–Crippen LogP) is 1.50. The highest BCUT2D eigenvalue weighted by Crippen LogP contribution is 2.11. The van der Waals surface area contributed by atoms with E-state index in [1.54, 1.807) is 13.8 Å². The van der Waals surface area contributed by atoms with Crippen LogP contribution >= 0.6 is 0 Å². The van der Waals surface area contributed by atoms with Crippen molar-refractivity contribution in [1.82, 2.24) is 10.6 Å². The molecule has 0 saturated heterocycles. The molecule has 0 aliphatic rings. The second kappa shape index (κ2) is 7.22. The zero-order chi connectivity index (χ0) is 16.0. The number of aliphatic carboxylic acids is 1. The SMILES string of the molecule is CC(C)C(NC(=O)NCc1ccc([N+](=O)[O-])cc1)C(=O)O. The van der Waals surface area contributed by atoms with Gasteiger partial charge in [-0.05, 0) is 11.5 Å². The van der Waals surface area contributed by atoms with Gasteiger partial charge < -0.3 is 15.7 Å². The first kappa shape index (κ1) is 16.4. The number of carboxylic acid groups (broad SMARTS) is 1. The van der Waals surface area contributed by atoms with Gasteiger partial charge in [0.05, 0.1) is 4.92 Å². The third kappa shape index (κ3) is 5.09. The van der Waals surface area contributed by atoms with Crippen molar-refractivity contribution in [3.05, 3.63) is 39.9 Å². The predicted molar refractivity (Wildman–Crippen MR) is 74.7 cm³/mol. The zero-order valence-electron chi connectivity index (χ0n) is 11.7. The Bertz CT molecular complexity index is 527. The van der Waals surface area contributed by atoms with E-state index in [2.05, 4.69) is 10.6 Å². The van der Waals surface area contributed by atoms with Gasteiger partial charge in [0.25, 0.3) is 5.69 Å². The molecule has 0 saturated carbocycles. The van der Waals surface area contributed by atoms with Crippen LogP contribution in [0.2, 0.25) is 0 Å². The number of carbonyl (C=O) groups excluding carboxylic acids is 1. The second-order valence-electron chi connectivity index (χ2n) is 4.81. The molecule has 0 heterocycles. The quantitative estimate of drug-likeness (QED) is 0.542. The molecule has 0 aromatic heterocycles. The molecule has 1 rings (SSSR count). The van der Waals surface area contributed by atoms with Crippen LogP contribution in [0.5, 0.6) is 0 Å². The number of rotatable bonds is 6. The van der Waals surface area contributed by atoms with E-state index < -0.39 is 23.0 Å². The Morgan fingerprint density at radius 3 is 2.29 bits per heavy atom. The Hall–Kier alpha value is -2.64. The van der Waals surface area contributed by atoms with Crippen LogP contribution in [-0.4, -0.2) is 28.1 Å². The van der Waals surface area contributed by atoms with Gasteiger partial charge in [-0.2, -0.15) is 0 Å². The monoisotopic (exact) mass is 295 g/mol. The average molecular weight is 295 g/mol. The number of urea groups is 1. The highest BCUT2D eigenvalue weighted by Gasteiger charge is 2.23. The number of carboxylic acids is 1. The molecule has 1 unspecified atom stereocenters. The van der Waals surface area contributed by atoms with Gasteiger partial charge >= 0.3 is 12.0 Å². The van der Waals surface area contributed by atoms with Crippen molar-refractivity contribution in [2.75, 3.05) is 0 Å². The molecule has 1 atom stereocenters. The molecule has 0 spiro atoms. The van der Waals surface area contributed by atoms with Gasteiger partial charge in [0.1, 0.15) is 6.04 Å². The lowest BCUT2D eigenvalue weighted by Crippen LogP contribution is -2.48. The lowest BCUT2D eigenvalue weighted by atomic mass is 10.1. The molecular weight excluding hydrogens is 278 g/mol. The molecule has 0 aliphatic heterocycles. The number of non-ortho nitro benzene ring substituents is 1. The molecule has 0 radical (unpaired) electrons. The molecule has 3 N–H and O–H groups in total. The summed E-state index contributed by atoms with van der Waals surface area (Å²) in [7, 11) is 0. The van der Waals surface area contributed by atoms with Gasteiger partial charge in [-0.1, -0.05) is 26.0 Å². The fraction of sp³-hybridized carbons (Fsp3) is 0.385. The summed E-state index contributed by atoms with van der Waals surface area (Å²) in [5.41, 5.74) is 0.640. The van der Waals surface area contributed by atoms with E-state index in [-0.39, 0.29) is 18.2 Å². The van der Waals surface area contributed by atoms with Crippen LogP contribution in [0.1, 0.15) is 19.4 Å². The van der Waals surface area contributed by atoms with Crippen molar-refractivity contribution in [2.24, 2.45) is 5.92 Å². The average Bonchev–Trinajstić information content (AvgIpc) is 2.42. The van der Waals surface area contributed by atoms with Gasteiger partial charge in [-0.25, -0.2) is 9.59 Å². The second-order valence-corrected chi connectivity index (χ2v) is 4.81. The van der Waals surface area contributed by atoms with Gasteiger partial charge in [-0.3, -0.25) is 10.1 Å². The topological polar surface area (TPSA) is 122 Å². The van der Waals surface area contributed by atoms with Crippen LogP contribution in [0.15, 0.2) is 24.3 Å². The van der Waals surface area contributed by atoms with Crippen LogP contribution in [0.3, 0.4) is 0 Å². The fourth-order valence-corrected chi connectivity index (χ4v) is 1.62. The number of hydrogen-bond acceptors (Lipinski definition) is 4. The molecular formula is C13H17N3O5. The van der Waals surface area contributed by atoms with E-state index in [1.807, 2.05) is 0 Å². The maximum atomic E-state index is 11.6. The lowest BCUT2D eigenvalue weighted by Gasteiger charge is -2.18. The number of amides is 2. The van der Waals surface area contributed by atoms with Gasteiger partial charge in [0.2, 0.25) is 0 Å². The first-order chi connectivity index (χ1) is 9.81. The van der Waals surface area contributed by atoms with Crippen molar-refractivity contribution < 1.29 is 19.6 Å². The van der Waals surface area contributed by atoms with Crippen LogP contribution in [0.4, 0.5) is 10.5 Å². The molecule has 0 bridgehead atoms. The van der Waals surface area contributed by atoms with Gasteiger partial charge in [0, 0.05) is 18.7 Å². The third-order valence-corrected chi connectivity index (χ3v) is 2.82. The Morgan fingerprint density at radius 1 is 1.29 bits per heavy atom. The number of carbonyl (C=O) groups is 2. The van der Waals surface area contributed by atoms with E-state index >= 15 is 0 Å². The van der Waals surface area contributed by atoms with E-state index in [0.717, 1.165) is 0 Å². The van der Waals surface area contributed by atoms with Crippen LogP contribution in [0.25, 0.3) is 0 Å². The minimum absolute atomic E-state index is 0.0334. The van der Waals surface area contributed by atoms with Crippen LogP contribution in [0, 0.1) is 16.0 Å². The van der Waals surface area contributed by atoms with Crippen molar-refractivity contribution in [3.8, 4) is 0 Å². The molecule has 0 aliphatic carbocycles. The number of hydrogen-bond donors (Lipinski definition) is 3. The number of nitro groups is 1. The summed E-state index contributed by atoms with van der Waals surface area (Å²) in [6.07, 6.45) is 0. The fourth-order valence-electron chi connectivity index (χ4n) is 1.62. The van der Waals surface area contributed by atoms with E-state index in [9.17, 15) is 19.7 Å². The number of nitrogens with zero attached hydrogens (tertiary/aromatic N) is 1. The van der Waals surface area contributed by atoms with Crippen LogP contribution in [-0.2, 0) is 11.3 Å². The Kier molecular flexibility index (Phi) is 5.65. The molecule has 21 heavy (non-hydrogen) atoms. The first-order valence-corrected chi connectivity index (χ1v) is 6.31. The first-order valence-electron chi connectivity index (χ1n) is 6.31. The van der Waals surface area contributed by atoms with Crippen LogP contribution < -0.4 is 10.6 Å². The molecule has 0 fully saturated rings. The summed E-state index contributed by atoms with van der Waals surface area (Å²) in [6, 6.07) is 4.15. The minimum atomic E-state index is -1.10. The summed E-state index contributed by atoms with van der Waals surface area (Å²) >= 11 is 0. The molecule has 114 valence electrons. The maximum Gasteiger partial charge on any atom is 0.326 e. The largest absolute Gasteiger partial charge is 0.480 e. The Labute approximate surface area is 121 Å². The molecule has 2 amide bonds. The maximum absolute atomic E-state index is 11.6. The number of nitrogens with one attached hydrogen (secondary N) is 2. The molecule has 1 aromatic carbocycles. The van der Waals surface area contributed by atoms with E-state index in [1.165, 1.54) is 24.3 Å². The minimum Gasteiger partial charge on any atom is -0.480 e. The smallest absolute Gasteiger partial charge is 0.326 e. The van der Waals surface area contributed by atoms with E-state index in [0.29, 0.717) is 5.56 Å². The summed E-state index contributed by atoms with van der Waals surface area (Å²) in [6.45, 7) is 3.53. The van der Waals surface area contributed by atoms with Crippen molar-refractivity contribution in [3.63, 3.8) is 0 Å². The zero-order valence-corrected chi connectivity index (χ0v) is 11.7. The summed E-state index contributed by atoms with van der Waals surface area (Å²) in [5.74, 6) is -1.34. The highest BCUT2D eigenvalue weighted by molar-refractivity contribution is 5.82. The molecule has 8 heteroatoms. The van der Waals surface area contributed by atoms with Gasteiger partial charge in [0.15, 0.2) is 0 Å². The normalized spacial score (nSPS) is 11.8. The third-order valence-electron chi connectivity index (χ3n) is 2.82. The Morgan fingerprint density at radius 2 is 1.86 bits per heavy atom. The molecule has 1 aromatic rings. The molecule has 8 nitrogen and oxygen atoms in total. The van der Waals surface area contributed by atoms with E-state index in [4.69, 9.17) is 5.11 Å². The summed E-state index contributed by atoms with van der Waals surface area (Å²) in [5, 5.41) is 24.3. The van der Waals surface area contributed by atoms with Crippen molar-refractivity contribution in [2.45, 2.75) is 26.4 Å². The highest BCUT2D eigenvalue weighted by atomic mass is 16.6. The summed E-state index contributed by atoms with van der Waals surface area (Å²) in [4.78, 5) is 32.6. The lowest BCUT2D eigenvalue weighted by molar-refractivity contribution is -0.384. The number of nitro benzene ring substituents is 1. The van der Waals surface area contributed by atoms with Gasteiger partial charge in [-0.15, -0.1) is 0 Å². The van der Waals surface area contributed by atoms with Crippen molar-refractivity contribution >= 4 is 17.7 Å².